The van der Waals surface area contributed by atoms with Gasteiger partial charge in [-0.15, -0.1) is 0 Å². The fourth-order valence-corrected chi connectivity index (χ4v) is 5.18. The zero-order valence-corrected chi connectivity index (χ0v) is 6.91. The fraction of sp³-hybridized carbons (Fsp3) is 1.00. The molecule has 0 unspecified atom stereocenters. The molecule has 0 bridgehead atoms. The van der Waals surface area contributed by atoms with Crippen molar-refractivity contribution < 1.29 is 4.21 Å². The van der Waals surface area contributed by atoms with E-state index < -0.39 is 0 Å². The Bertz CT molecular complexity index is 119. The molecule has 1 saturated heterocycles. The number of rotatable bonds is 0. The molecule has 0 aromatic carbocycles. The topological polar surface area (TPSA) is 17.1 Å². The highest BCUT2D eigenvalue weighted by molar-refractivity contribution is 8.32. The zero-order valence-electron chi connectivity index (χ0n) is 4.46. The number of thioether (sulfide) groups is 1. The predicted molar refractivity (Wildman–Crippen MR) is 42.6 cm³/mol. The van der Waals surface area contributed by atoms with Gasteiger partial charge in [0, 0.05) is 23.0 Å². The second kappa shape index (κ2) is 3.69. The first kappa shape index (κ1) is 6.83. The molecule has 0 radical (unpaired) electrons. The van der Waals surface area contributed by atoms with Crippen LogP contribution in [-0.4, -0.2) is 27.2 Å². The molecular weight excluding hydrogens is 160 g/mol. The van der Waals surface area contributed by atoms with Crippen LogP contribution < -0.4 is 0 Å². The minimum atomic E-state index is 0.189. The highest BCUT2D eigenvalue weighted by Crippen LogP contribution is 2.07. The monoisotopic (exact) mass is 168 g/mol. The van der Waals surface area contributed by atoms with E-state index in [1.54, 1.807) is 0 Å². The van der Waals surface area contributed by atoms with Crippen LogP contribution in [0.3, 0.4) is 0 Å². The summed E-state index contributed by atoms with van der Waals surface area (Å²) in [4.78, 5) is 0. The van der Waals surface area contributed by atoms with Crippen LogP contribution in [-0.2, 0) is 19.7 Å². The lowest BCUT2D eigenvalue weighted by atomic mass is 10.9. The summed E-state index contributed by atoms with van der Waals surface area (Å²) in [5, 5.41) is 0. The second-order valence-electron chi connectivity index (χ2n) is 1.53. The Morgan fingerprint density at radius 2 is 2.00 bits per heavy atom. The molecule has 8 heavy (non-hydrogen) atoms. The minimum Gasteiger partial charge on any atom is -0.205 e. The Balaban J connectivity index is 2.45. The number of hydrogen-bond acceptors (Lipinski definition) is 2. The largest absolute Gasteiger partial charge is 0.205 e. The molecule has 0 aliphatic carbocycles. The van der Waals surface area contributed by atoms with E-state index in [0.29, 0.717) is 0 Å². The average Bonchev–Trinajstić information content (AvgIpc) is 1.90. The summed E-state index contributed by atoms with van der Waals surface area (Å²) in [7, 11) is 0.999. The van der Waals surface area contributed by atoms with Crippen molar-refractivity contribution in [1.82, 2.24) is 0 Å². The molecule has 1 fully saturated rings. The van der Waals surface area contributed by atoms with Crippen molar-refractivity contribution in [1.29, 1.82) is 0 Å². The average molecular weight is 168 g/mol. The van der Waals surface area contributed by atoms with Crippen LogP contribution in [0.1, 0.15) is 0 Å². The van der Waals surface area contributed by atoms with Crippen molar-refractivity contribution in [3.63, 3.8) is 0 Å². The molecule has 1 rings (SSSR count). The lowest BCUT2D eigenvalue weighted by Gasteiger charge is -2.09. The van der Waals surface area contributed by atoms with Gasteiger partial charge >= 0.3 is 0 Å². The molecule has 0 atom stereocenters. The Morgan fingerprint density at radius 1 is 1.38 bits per heavy atom. The summed E-state index contributed by atoms with van der Waals surface area (Å²) in [6.45, 7) is 0. The SMILES string of the molecule is O=S=S1CCSCC1. The molecule has 1 aliphatic heterocycles. The molecule has 48 valence electrons. The van der Waals surface area contributed by atoms with E-state index in [2.05, 4.69) is 0 Å². The summed E-state index contributed by atoms with van der Waals surface area (Å²) >= 11 is 1.97. The quantitative estimate of drug-likeness (QED) is 0.523. The van der Waals surface area contributed by atoms with E-state index in [4.69, 9.17) is 0 Å². The van der Waals surface area contributed by atoms with Crippen LogP contribution in [0.5, 0.6) is 0 Å². The first-order valence-electron chi connectivity index (χ1n) is 2.49. The van der Waals surface area contributed by atoms with E-state index in [1.165, 1.54) is 11.5 Å². The molecule has 1 heterocycles. The molecule has 0 spiro atoms. The molecule has 0 aromatic rings. The molecule has 0 aromatic heterocycles. The number of hydrogen-bond donors (Lipinski definition) is 0. The summed E-state index contributed by atoms with van der Waals surface area (Å²) < 4.78 is 10.2. The maximum Gasteiger partial charge on any atom is 0.120 e. The van der Waals surface area contributed by atoms with Crippen LogP contribution >= 0.6 is 11.8 Å². The van der Waals surface area contributed by atoms with Crippen LogP contribution in [0.15, 0.2) is 0 Å². The standard InChI is InChI=1S/C4H8OS3/c5-7-8-3-1-6-2-4-8/h1-4H2. The highest BCUT2D eigenvalue weighted by Gasteiger charge is 2.02. The van der Waals surface area contributed by atoms with Crippen molar-refractivity contribution in [3.8, 4) is 0 Å². The van der Waals surface area contributed by atoms with Crippen molar-refractivity contribution in [2.45, 2.75) is 0 Å². The van der Waals surface area contributed by atoms with Gasteiger partial charge in [0.25, 0.3) is 0 Å². The molecule has 0 amide bonds. The predicted octanol–water partition coefficient (Wildman–Crippen LogP) is 0.479. The smallest absolute Gasteiger partial charge is 0.120 e. The maximum absolute atomic E-state index is 10.2. The molecule has 4 heteroatoms. The molecular formula is C4H8OS3. The molecule has 0 saturated carbocycles. The van der Waals surface area contributed by atoms with Crippen LogP contribution in [0.4, 0.5) is 0 Å². The third-order valence-corrected chi connectivity index (χ3v) is 5.60. The maximum atomic E-state index is 10.2. The Morgan fingerprint density at radius 3 is 2.38 bits per heavy atom. The lowest BCUT2D eigenvalue weighted by Crippen LogP contribution is -2.12. The first-order valence-corrected chi connectivity index (χ1v) is 6.46. The van der Waals surface area contributed by atoms with Crippen molar-refractivity contribution in [2.24, 2.45) is 0 Å². The third-order valence-electron chi connectivity index (χ3n) is 1.01. The van der Waals surface area contributed by atoms with Crippen molar-refractivity contribution in [2.75, 3.05) is 23.0 Å². The summed E-state index contributed by atoms with van der Waals surface area (Å²) in [5.74, 6) is 4.72. The summed E-state index contributed by atoms with van der Waals surface area (Å²) in [6, 6.07) is 0. The Kier molecular flexibility index (Phi) is 3.15. The first-order chi connectivity index (χ1) is 3.93. The van der Waals surface area contributed by atoms with Gasteiger partial charge in [0.2, 0.25) is 0 Å². The van der Waals surface area contributed by atoms with Crippen molar-refractivity contribution in [3.05, 3.63) is 0 Å². The van der Waals surface area contributed by atoms with Gasteiger partial charge < -0.3 is 0 Å². The van der Waals surface area contributed by atoms with E-state index in [-0.39, 0.29) is 9.45 Å². The van der Waals surface area contributed by atoms with Crippen molar-refractivity contribution >= 4 is 31.4 Å². The minimum absolute atomic E-state index is 0.189. The highest BCUT2D eigenvalue weighted by atomic mass is 32.8. The Labute approximate surface area is 58.9 Å². The normalized spacial score (nSPS) is 23.0. The molecule has 1 nitrogen and oxygen atoms in total. The Hall–Kier alpha value is 0.720. The molecule has 0 N–H and O–H groups in total. The molecule has 1 aliphatic rings. The zero-order chi connectivity index (χ0) is 5.82. The van der Waals surface area contributed by atoms with Gasteiger partial charge in [-0.1, -0.05) is 9.45 Å². The summed E-state index contributed by atoms with van der Waals surface area (Å²) in [5.41, 5.74) is 0. The van der Waals surface area contributed by atoms with Gasteiger partial charge in [0.05, 0.1) is 0 Å². The van der Waals surface area contributed by atoms with Crippen LogP contribution in [0.2, 0.25) is 0 Å². The van der Waals surface area contributed by atoms with Gasteiger partial charge in [-0.25, -0.2) is 4.21 Å². The third kappa shape index (κ3) is 1.91. The van der Waals surface area contributed by atoms with Gasteiger partial charge in [0.1, 0.15) is 10.2 Å². The van der Waals surface area contributed by atoms with Crippen LogP contribution in [0, 0.1) is 0 Å². The lowest BCUT2D eigenvalue weighted by molar-refractivity contribution is 0.701. The van der Waals surface area contributed by atoms with E-state index in [9.17, 15) is 4.21 Å². The van der Waals surface area contributed by atoms with Gasteiger partial charge in [-0.2, -0.15) is 11.8 Å². The van der Waals surface area contributed by atoms with E-state index in [1.807, 2.05) is 11.8 Å². The van der Waals surface area contributed by atoms with Crippen LogP contribution in [0.25, 0.3) is 0 Å². The van der Waals surface area contributed by atoms with Gasteiger partial charge in [0.15, 0.2) is 0 Å². The second-order valence-corrected chi connectivity index (χ2v) is 6.41. The fourth-order valence-electron chi connectivity index (χ4n) is 0.576. The van der Waals surface area contributed by atoms with E-state index >= 15 is 0 Å². The van der Waals surface area contributed by atoms with Gasteiger partial charge in [-0.05, 0) is 0 Å². The summed E-state index contributed by atoms with van der Waals surface area (Å²) in [6.07, 6.45) is 0. The van der Waals surface area contributed by atoms with Gasteiger partial charge in [-0.3, -0.25) is 0 Å². The van der Waals surface area contributed by atoms with E-state index in [0.717, 1.165) is 21.7 Å².